The molecule has 27 heavy (non-hydrogen) atoms. The fourth-order valence-corrected chi connectivity index (χ4v) is 2.94. The number of carbonyl (C=O) groups excluding carboxylic acids is 2. The Labute approximate surface area is 167 Å². The molecule has 6 nitrogen and oxygen atoms in total. The van der Waals surface area contributed by atoms with Gasteiger partial charge in [0.05, 0.1) is 19.3 Å². The Morgan fingerprint density at radius 1 is 1.15 bits per heavy atom. The monoisotopic (exact) mass is 434 g/mol. The molecule has 0 bridgehead atoms. The van der Waals surface area contributed by atoms with Crippen LogP contribution in [0.1, 0.15) is 12.5 Å². The standard InChI is InChI=1S/C20H23BrN2O4/c1-14-9-10-17(16(21)11-14)23-18(24)12-22-20(2,19(25)26-3)13-27-15-7-5-4-6-8-15/h4-11,22H,12-13H2,1-3H3,(H,23,24). The second kappa shape index (κ2) is 9.53. The van der Waals surface area contributed by atoms with Gasteiger partial charge in [-0.1, -0.05) is 24.3 Å². The molecule has 144 valence electrons. The van der Waals surface area contributed by atoms with Crippen LogP contribution in [0.3, 0.4) is 0 Å². The number of methoxy groups -OCH3 is 1. The van der Waals surface area contributed by atoms with Gasteiger partial charge in [0, 0.05) is 4.47 Å². The van der Waals surface area contributed by atoms with E-state index in [2.05, 4.69) is 26.6 Å². The van der Waals surface area contributed by atoms with E-state index in [1.807, 2.05) is 43.3 Å². The number of anilines is 1. The first-order valence-corrected chi connectivity index (χ1v) is 9.20. The molecule has 2 aromatic carbocycles. The highest BCUT2D eigenvalue weighted by molar-refractivity contribution is 9.10. The highest BCUT2D eigenvalue weighted by Gasteiger charge is 2.35. The van der Waals surface area contributed by atoms with Crippen LogP contribution in [0.25, 0.3) is 0 Å². The number of aryl methyl sites for hydroxylation is 1. The number of halogens is 1. The average Bonchev–Trinajstić information content (AvgIpc) is 2.67. The third-order valence-electron chi connectivity index (χ3n) is 3.94. The van der Waals surface area contributed by atoms with E-state index in [9.17, 15) is 9.59 Å². The Hall–Kier alpha value is -2.38. The average molecular weight is 435 g/mol. The maximum absolute atomic E-state index is 12.3. The molecular formula is C20H23BrN2O4. The van der Waals surface area contributed by atoms with Gasteiger partial charge in [0.15, 0.2) is 0 Å². The van der Waals surface area contributed by atoms with Gasteiger partial charge in [0.1, 0.15) is 17.9 Å². The van der Waals surface area contributed by atoms with Crippen LogP contribution in [-0.2, 0) is 14.3 Å². The summed E-state index contributed by atoms with van der Waals surface area (Å²) in [4.78, 5) is 24.5. The Morgan fingerprint density at radius 3 is 2.48 bits per heavy atom. The number of hydrogen-bond acceptors (Lipinski definition) is 5. The Morgan fingerprint density at radius 2 is 1.85 bits per heavy atom. The molecule has 0 aliphatic carbocycles. The summed E-state index contributed by atoms with van der Waals surface area (Å²) < 4.78 is 11.3. The van der Waals surface area contributed by atoms with Crippen molar-refractivity contribution < 1.29 is 19.1 Å². The SMILES string of the molecule is COC(=O)C(C)(COc1ccccc1)NCC(=O)Nc1ccc(C)cc1Br. The van der Waals surface area contributed by atoms with Crippen molar-refractivity contribution in [3.05, 3.63) is 58.6 Å². The predicted octanol–water partition coefficient (Wildman–Crippen LogP) is 3.30. The van der Waals surface area contributed by atoms with Crippen LogP contribution in [0.15, 0.2) is 53.0 Å². The Kier molecular flexibility index (Phi) is 7.38. The summed E-state index contributed by atoms with van der Waals surface area (Å²) in [6.07, 6.45) is 0. The van der Waals surface area contributed by atoms with E-state index in [-0.39, 0.29) is 19.1 Å². The van der Waals surface area contributed by atoms with Gasteiger partial charge in [0.2, 0.25) is 5.91 Å². The van der Waals surface area contributed by atoms with Crippen molar-refractivity contribution in [3.63, 3.8) is 0 Å². The minimum Gasteiger partial charge on any atom is -0.491 e. The van der Waals surface area contributed by atoms with E-state index < -0.39 is 11.5 Å². The van der Waals surface area contributed by atoms with Crippen molar-refractivity contribution >= 4 is 33.5 Å². The first-order chi connectivity index (χ1) is 12.8. The number of benzene rings is 2. The van der Waals surface area contributed by atoms with Crippen LogP contribution in [0.4, 0.5) is 5.69 Å². The van der Waals surface area contributed by atoms with E-state index in [1.165, 1.54) is 7.11 Å². The minimum absolute atomic E-state index is 0.0190. The number of para-hydroxylation sites is 1. The van der Waals surface area contributed by atoms with Crippen molar-refractivity contribution in [2.24, 2.45) is 0 Å². The molecule has 1 atom stereocenters. The highest BCUT2D eigenvalue weighted by Crippen LogP contribution is 2.23. The molecular weight excluding hydrogens is 412 g/mol. The summed E-state index contributed by atoms with van der Waals surface area (Å²) in [7, 11) is 1.30. The molecule has 0 aromatic heterocycles. The first-order valence-electron chi connectivity index (χ1n) is 8.41. The molecule has 0 spiro atoms. The lowest BCUT2D eigenvalue weighted by molar-refractivity contribution is -0.149. The molecule has 0 saturated heterocycles. The highest BCUT2D eigenvalue weighted by atomic mass is 79.9. The van der Waals surface area contributed by atoms with Crippen LogP contribution in [0.2, 0.25) is 0 Å². The van der Waals surface area contributed by atoms with E-state index in [0.717, 1.165) is 10.0 Å². The number of rotatable bonds is 8. The first kappa shape index (κ1) is 20.9. The van der Waals surface area contributed by atoms with Gasteiger partial charge in [0.25, 0.3) is 0 Å². The van der Waals surface area contributed by atoms with Crippen molar-refractivity contribution in [3.8, 4) is 5.75 Å². The normalized spacial score (nSPS) is 12.7. The minimum atomic E-state index is -1.17. The second-order valence-corrected chi connectivity index (χ2v) is 7.16. The van der Waals surface area contributed by atoms with E-state index in [1.54, 1.807) is 19.1 Å². The molecule has 1 amide bonds. The summed E-state index contributed by atoms with van der Waals surface area (Å²) in [6, 6.07) is 14.8. The van der Waals surface area contributed by atoms with Crippen LogP contribution in [0.5, 0.6) is 5.75 Å². The molecule has 2 aromatic rings. The topological polar surface area (TPSA) is 76.7 Å². The maximum atomic E-state index is 12.3. The van der Waals surface area contributed by atoms with Gasteiger partial charge in [-0.15, -0.1) is 0 Å². The second-order valence-electron chi connectivity index (χ2n) is 6.31. The third kappa shape index (κ3) is 6.08. The smallest absolute Gasteiger partial charge is 0.329 e. The lowest BCUT2D eigenvalue weighted by Crippen LogP contribution is -2.56. The quantitative estimate of drug-likeness (QED) is 0.623. The zero-order chi connectivity index (χ0) is 19.9. The number of hydrogen-bond donors (Lipinski definition) is 2. The molecule has 0 heterocycles. The molecule has 1 unspecified atom stereocenters. The van der Waals surface area contributed by atoms with E-state index in [0.29, 0.717) is 11.4 Å². The molecule has 0 saturated carbocycles. The van der Waals surface area contributed by atoms with Crippen LogP contribution >= 0.6 is 15.9 Å². The number of amides is 1. The lowest BCUT2D eigenvalue weighted by atomic mass is 10.0. The third-order valence-corrected chi connectivity index (χ3v) is 4.60. The number of nitrogens with one attached hydrogen (secondary N) is 2. The molecule has 0 aliphatic heterocycles. The van der Waals surface area contributed by atoms with Gasteiger partial charge in [-0.3, -0.25) is 10.1 Å². The van der Waals surface area contributed by atoms with Gasteiger partial charge in [-0.25, -0.2) is 4.79 Å². The molecule has 0 aliphatic rings. The zero-order valence-corrected chi connectivity index (χ0v) is 17.1. The van der Waals surface area contributed by atoms with Crippen molar-refractivity contribution in [1.82, 2.24) is 5.32 Å². The predicted molar refractivity (Wildman–Crippen MR) is 108 cm³/mol. The number of esters is 1. The molecule has 2 N–H and O–H groups in total. The number of ether oxygens (including phenoxy) is 2. The van der Waals surface area contributed by atoms with Gasteiger partial charge >= 0.3 is 5.97 Å². The van der Waals surface area contributed by atoms with Gasteiger partial charge in [-0.2, -0.15) is 0 Å². The molecule has 7 heteroatoms. The van der Waals surface area contributed by atoms with E-state index in [4.69, 9.17) is 9.47 Å². The lowest BCUT2D eigenvalue weighted by Gasteiger charge is -2.27. The summed E-state index contributed by atoms with van der Waals surface area (Å²) in [5.41, 5.74) is 0.564. The molecule has 0 fully saturated rings. The molecule has 2 rings (SSSR count). The van der Waals surface area contributed by atoms with Crippen LogP contribution in [-0.4, -0.2) is 37.7 Å². The van der Waals surface area contributed by atoms with Crippen molar-refractivity contribution in [2.75, 3.05) is 25.6 Å². The van der Waals surface area contributed by atoms with E-state index >= 15 is 0 Å². The van der Waals surface area contributed by atoms with Crippen molar-refractivity contribution in [1.29, 1.82) is 0 Å². The fraction of sp³-hybridized carbons (Fsp3) is 0.300. The Balaban J connectivity index is 1.98. The molecule has 0 radical (unpaired) electrons. The summed E-state index contributed by atoms with van der Waals surface area (Å²) in [5, 5.41) is 5.74. The van der Waals surface area contributed by atoms with Crippen molar-refractivity contribution in [2.45, 2.75) is 19.4 Å². The maximum Gasteiger partial charge on any atom is 0.329 e. The summed E-state index contributed by atoms with van der Waals surface area (Å²) >= 11 is 3.42. The van der Waals surface area contributed by atoms with Crippen LogP contribution < -0.4 is 15.4 Å². The van der Waals surface area contributed by atoms with Gasteiger partial charge < -0.3 is 14.8 Å². The summed E-state index contributed by atoms with van der Waals surface area (Å²) in [5.74, 6) is -0.167. The Bertz CT molecular complexity index is 798. The number of carbonyl (C=O) groups is 2. The largest absolute Gasteiger partial charge is 0.491 e. The zero-order valence-electron chi connectivity index (χ0n) is 15.5. The fourth-order valence-electron chi connectivity index (χ4n) is 2.34. The summed E-state index contributed by atoms with van der Waals surface area (Å²) in [6.45, 7) is 3.54. The van der Waals surface area contributed by atoms with Gasteiger partial charge in [-0.05, 0) is 59.6 Å². The van der Waals surface area contributed by atoms with Crippen LogP contribution in [0, 0.1) is 6.92 Å².